The van der Waals surface area contributed by atoms with Gasteiger partial charge < -0.3 is 9.64 Å². The molecule has 0 saturated carbocycles. The van der Waals surface area contributed by atoms with E-state index in [-0.39, 0.29) is 5.97 Å². The molecule has 0 aliphatic carbocycles. The Balaban J connectivity index is 2.26. The van der Waals surface area contributed by atoms with Crippen LogP contribution in [-0.4, -0.2) is 25.7 Å². The molecular formula is C14H17NO2. The van der Waals surface area contributed by atoms with Gasteiger partial charge in [-0.2, -0.15) is 0 Å². The van der Waals surface area contributed by atoms with Gasteiger partial charge in [-0.05, 0) is 25.5 Å². The number of hydrogen-bond acceptors (Lipinski definition) is 3. The summed E-state index contributed by atoms with van der Waals surface area (Å²) in [5.41, 5.74) is 1.62. The minimum absolute atomic E-state index is 0.238. The molecular weight excluding hydrogens is 214 g/mol. The van der Waals surface area contributed by atoms with Crippen LogP contribution in [0, 0.1) is 0 Å². The Morgan fingerprint density at radius 2 is 2.18 bits per heavy atom. The van der Waals surface area contributed by atoms with Gasteiger partial charge in [-0.25, -0.2) is 4.79 Å². The van der Waals surface area contributed by atoms with E-state index >= 15 is 0 Å². The van der Waals surface area contributed by atoms with Crippen LogP contribution < -0.4 is 4.90 Å². The lowest BCUT2D eigenvalue weighted by Gasteiger charge is -2.27. The van der Waals surface area contributed by atoms with Crippen LogP contribution in [0.3, 0.4) is 0 Å². The molecule has 0 bridgehead atoms. The van der Waals surface area contributed by atoms with Crippen molar-refractivity contribution >= 4 is 11.7 Å². The summed E-state index contributed by atoms with van der Waals surface area (Å²) < 4.78 is 5.08. The van der Waals surface area contributed by atoms with E-state index in [2.05, 4.69) is 17.1 Å². The number of rotatable bonds is 3. The van der Waals surface area contributed by atoms with Crippen LogP contribution in [0.5, 0.6) is 0 Å². The molecule has 0 radical (unpaired) electrons. The molecule has 17 heavy (non-hydrogen) atoms. The molecule has 1 aliphatic heterocycles. The van der Waals surface area contributed by atoms with Crippen molar-refractivity contribution in [2.75, 3.05) is 24.6 Å². The second-order valence-electron chi connectivity index (χ2n) is 3.94. The fourth-order valence-electron chi connectivity index (χ4n) is 1.99. The number of ether oxygens (including phenoxy) is 1. The first kappa shape index (κ1) is 11.7. The van der Waals surface area contributed by atoms with Crippen molar-refractivity contribution in [3.8, 4) is 0 Å². The number of benzene rings is 1. The van der Waals surface area contributed by atoms with E-state index in [1.54, 1.807) is 0 Å². The van der Waals surface area contributed by atoms with Gasteiger partial charge in [-0.15, -0.1) is 0 Å². The lowest BCUT2D eigenvalue weighted by molar-refractivity contribution is 0.0527. The van der Waals surface area contributed by atoms with Crippen LogP contribution in [0.15, 0.2) is 36.4 Å². The van der Waals surface area contributed by atoms with Crippen LogP contribution >= 0.6 is 0 Å². The Labute approximate surface area is 102 Å². The molecule has 1 aliphatic rings. The minimum atomic E-state index is -0.238. The lowest BCUT2D eigenvalue weighted by atomic mass is 10.1. The van der Waals surface area contributed by atoms with Crippen LogP contribution in [0.25, 0.3) is 0 Å². The summed E-state index contributed by atoms with van der Waals surface area (Å²) in [6, 6.07) is 7.63. The van der Waals surface area contributed by atoms with Gasteiger partial charge in [-0.3, -0.25) is 0 Å². The predicted molar refractivity (Wildman–Crippen MR) is 68.4 cm³/mol. The minimum Gasteiger partial charge on any atom is -0.462 e. The third kappa shape index (κ3) is 2.67. The fourth-order valence-corrected chi connectivity index (χ4v) is 1.99. The van der Waals surface area contributed by atoms with Gasteiger partial charge in [0, 0.05) is 13.1 Å². The van der Waals surface area contributed by atoms with Gasteiger partial charge in [-0.1, -0.05) is 24.3 Å². The SMILES string of the molecule is CCOC(=O)c1ccccc1N1CC=CCC1. The van der Waals surface area contributed by atoms with Gasteiger partial charge in [0.25, 0.3) is 0 Å². The number of hydrogen-bond donors (Lipinski definition) is 0. The molecule has 3 heteroatoms. The molecule has 0 saturated heterocycles. The third-order valence-corrected chi connectivity index (χ3v) is 2.80. The van der Waals surface area contributed by atoms with Crippen molar-refractivity contribution in [3.63, 3.8) is 0 Å². The highest BCUT2D eigenvalue weighted by molar-refractivity contribution is 5.95. The Kier molecular flexibility index (Phi) is 3.81. The smallest absolute Gasteiger partial charge is 0.340 e. The van der Waals surface area contributed by atoms with E-state index in [0.29, 0.717) is 12.2 Å². The molecule has 0 fully saturated rings. The summed E-state index contributed by atoms with van der Waals surface area (Å²) in [5, 5.41) is 0. The molecule has 0 atom stereocenters. The summed E-state index contributed by atoms with van der Waals surface area (Å²) in [4.78, 5) is 14.0. The first-order valence-electron chi connectivity index (χ1n) is 5.99. The van der Waals surface area contributed by atoms with Gasteiger partial charge in [0.1, 0.15) is 0 Å². The maximum atomic E-state index is 11.8. The van der Waals surface area contributed by atoms with E-state index < -0.39 is 0 Å². The molecule has 0 aromatic heterocycles. The van der Waals surface area contributed by atoms with E-state index in [1.165, 1.54) is 0 Å². The normalized spacial score (nSPS) is 14.8. The molecule has 0 spiro atoms. The standard InChI is InChI=1S/C14H17NO2/c1-2-17-14(16)12-8-4-5-9-13(12)15-10-6-3-7-11-15/h3-6,8-9H,2,7,10-11H2,1H3. The Morgan fingerprint density at radius 1 is 1.35 bits per heavy atom. The Hall–Kier alpha value is -1.77. The molecule has 0 unspecified atom stereocenters. The molecule has 3 nitrogen and oxygen atoms in total. The largest absolute Gasteiger partial charge is 0.462 e. The zero-order chi connectivity index (χ0) is 12.1. The number of anilines is 1. The van der Waals surface area contributed by atoms with Gasteiger partial charge in [0.05, 0.1) is 17.9 Å². The first-order valence-corrected chi connectivity index (χ1v) is 5.99. The highest BCUT2D eigenvalue weighted by Gasteiger charge is 2.16. The summed E-state index contributed by atoms with van der Waals surface area (Å²) in [7, 11) is 0. The van der Waals surface area contributed by atoms with Crippen molar-refractivity contribution in [1.29, 1.82) is 0 Å². The molecule has 2 rings (SSSR count). The summed E-state index contributed by atoms with van der Waals surface area (Å²) in [5.74, 6) is -0.238. The highest BCUT2D eigenvalue weighted by atomic mass is 16.5. The Morgan fingerprint density at radius 3 is 2.88 bits per heavy atom. The average Bonchev–Trinajstić information content (AvgIpc) is 2.40. The molecule has 0 amide bonds. The number of nitrogens with zero attached hydrogens (tertiary/aromatic N) is 1. The molecule has 1 heterocycles. The van der Waals surface area contributed by atoms with Crippen molar-refractivity contribution in [3.05, 3.63) is 42.0 Å². The molecule has 90 valence electrons. The number of esters is 1. The van der Waals surface area contributed by atoms with Crippen LogP contribution in [-0.2, 0) is 4.74 Å². The van der Waals surface area contributed by atoms with Crippen LogP contribution in [0.2, 0.25) is 0 Å². The van der Waals surface area contributed by atoms with Gasteiger partial charge in [0.2, 0.25) is 0 Å². The van der Waals surface area contributed by atoms with Crippen LogP contribution in [0.4, 0.5) is 5.69 Å². The fraction of sp³-hybridized carbons (Fsp3) is 0.357. The summed E-state index contributed by atoms with van der Waals surface area (Å²) >= 11 is 0. The molecule has 1 aromatic carbocycles. The topological polar surface area (TPSA) is 29.5 Å². The third-order valence-electron chi connectivity index (χ3n) is 2.80. The van der Waals surface area contributed by atoms with Crippen molar-refractivity contribution < 1.29 is 9.53 Å². The number of carbonyl (C=O) groups is 1. The predicted octanol–water partition coefficient (Wildman–Crippen LogP) is 2.63. The molecule has 0 N–H and O–H groups in total. The summed E-state index contributed by atoms with van der Waals surface area (Å²) in [6.45, 7) is 4.04. The van der Waals surface area contributed by atoms with E-state index in [0.717, 1.165) is 25.2 Å². The monoisotopic (exact) mass is 231 g/mol. The second-order valence-corrected chi connectivity index (χ2v) is 3.94. The quantitative estimate of drug-likeness (QED) is 0.591. The maximum Gasteiger partial charge on any atom is 0.340 e. The zero-order valence-corrected chi connectivity index (χ0v) is 10.1. The molecule has 1 aromatic rings. The van der Waals surface area contributed by atoms with Gasteiger partial charge in [0.15, 0.2) is 0 Å². The van der Waals surface area contributed by atoms with Crippen molar-refractivity contribution in [2.24, 2.45) is 0 Å². The van der Waals surface area contributed by atoms with E-state index in [1.807, 2.05) is 31.2 Å². The van der Waals surface area contributed by atoms with E-state index in [4.69, 9.17) is 4.74 Å². The van der Waals surface area contributed by atoms with Gasteiger partial charge >= 0.3 is 5.97 Å². The lowest BCUT2D eigenvalue weighted by Crippen LogP contribution is -2.28. The first-order chi connectivity index (χ1) is 8.33. The summed E-state index contributed by atoms with van der Waals surface area (Å²) in [6.07, 6.45) is 5.33. The van der Waals surface area contributed by atoms with Crippen molar-refractivity contribution in [1.82, 2.24) is 0 Å². The maximum absolute atomic E-state index is 11.8. The Bertz CT molecular complexity index is 426. The average molecular weight is 231 g/mol. The van der Waals surface area contributed by atoms with E-state index in [9.17, 15) is 4.79 Å². The number of carbonyl (C=O) groups excluding carboxylic acids is 1. The number of para-hydroxylation sites is 1. The zero-order valence-electron chi connectivity index (χ0n) is 10.1. The van der Waals surface area contributed by atoms with Crippen molar-refractivity contribution in [2.45, 2.75) is 13.3 Å². The second kappa shape index (κ2) is 5.53. The van der Waals surface area contributed by atoms with Crippen LogP contribution in [0.1, 0.15) is 23.7 Å². The highest BCUT2D eigenvalue weighted by Crippen LogP contribution is 2.22.